The maximum Gasteiger partial charge on any atom is 0.310 e. The molecule has 152 valence electrons. The summed E-state index contributed by atoms with van der Waals surface area (Å²) in [4.78, 5) is 24.2. The maximum absolute atomic E-state index is 12.1. The first-order chi connectivity index (χ1) is 14.0. The highest BCUT2D eigenvalue weighted by atomic mass is 16.5. The molecule has 0 fully saturated rings. The van der Waals surface area contributed by atoms with Gasteiger partial charge in [-0.3, -0.25) is 9.59 Å². The molecule has 0 aliphatic rings. The molecule has 1 heterocycles. The van der Waals surface area contributed by atoms with E-state index in [0.29, 0.717) is 34.1 Å². The van der Waals surface area contributed by atoms with Gasteiger partial charge in [-0.2, -0.15) is 0 Å². The molecule has 0 aliphatic carbocycles. The lowest BCUT2D eigenvalue weighted by atomic mass is 10.1. The Labute approximate surface area is 167 Å². The number of benzene rings is 2. The molecule has 0 bridgehead atoms. The van der Waals surface area contributed by atoms with Crippen molar-refractivity contribution < 1.29 is 33.0 Å². The van der Waals surface area contributed by atoms with Crippen LogP contribution in [-0.2, 0) is 20.7 Å². The number of methoxy groups -OCH3 is 3. The van der Waals surface area contributed by atoms with Crippen molar-refractivity contribution in [3.05, 3.63) is 48.2 Å². The highest BCUT2D eigenvalue weighted by Crippen LogP contribution is 2.29. The molecule has 1 aromatic heterocycles. The molecular weight excluding hydrogens is 378 g/mol. The number of ether oxygens (including phenoxy) is 4. The van der Waals surface area contributed by atoms with Gasteiger partial charge in [-0.05, 0) is 24.3 Å². The quantitative estimate of drug-likeness (QED) is 0.581. The molecule has 0 aliphatic heterocycles. The fourth-order valence-corrected chi connectivity index (χ4v) is 2.79. The topological polar surface area (TPSA) is 96.2 Å². The van der Waals surface area contributed by atoms with Gasteiger partial charge in [-0.25, -0.2) is 0 Å². The predicted octanol–water partition coefficient (Wildman–Crippen LogP) is 3.18. The molecule has 2 aromatic carbocycles. The second-order valence-electron chi connectivity index (χ2n) is 6.08. The average molecular weight is 399 g/mol. The summed E-state index contributed by atoms with van der Waals surface area (Å²) in [5.74, 6) is 0.679. The Balaban J connectivity index is 1.55. The fraction of sp³-hybridized carbons (Fsp3) is 0.238. The van der Waals surface area contributed by atoms with E-state index < -0.39 is 18.5 Å². The fourth-order valence-electron chi connectivity index (χ4n) is 2.79. The van der Waals surface area contributed by atoms with Crippen LogP contribution >= 0.6 is 0 Å². The van der Waals surface area contributed by atoms with Crippen molar-refractivity contribution in [3.8, 4) is 17.2 Å². The molecule has 1 amide bonds. The van der Waals surface area contributed by atoms with Crippen LogP contribution < -0.4 is 19.5 Å². The van der Waals surface area contributed by atoms with Crippen LogP contribution in [0.1, 0.15) is 5.56 Å². The van der Waals surface area contributed by atoms with Crippen molar-refractivity contribution in [2.24, 2.45) is 0 Å². The van der Waals surface area contributed by atoms with E-state index in [2.05, 4.69) is 5.32 Å². The maximum atomic E-state index is 12.1. The van der Waals surface area contributed by atoms with E-state index in [0.717, 1.165) is 5.39 Å². The number of fused-ring (bicyclic) bond motifs is 1. The van der Waals surface area contributed by atoms with Gasteiger partial charge in [0.05, 0.1) is 34.0 Å². The summed E-state index contributed by atoms with van der Waals surface area (Å²) in [5, 5.41) is 3.43. The second-order valence-corrected chi connectivity index (χ2v) is 6.08. The summed E-state index contributed by atoms with van der Waals surface area (Å²) in [5.41, 5.74) is 1.78. The summed E-state index contributed by atoms with van der Waals surface area (Å²) < 4.78 is 26.0. The van der Waals surface area contributed by atoms with Crippen LogP contribution in [0, 0.1) is 0 Å². The summed E-state index contributed by atoms with van der Waals surface area (Å²) in [6.07, 6.45) is 1.48. The highest BCUT2D eigenvalue weighted by Gasteiger charge is 2.14. The Morgan fingerprint density at radius 2 is 1.76 bits per heavy atom. The molecular formula is C21H21NO7. The highest BCUT2D eigenvalue weighted by molar-refractivity contribution is 5.93. The zero-order valence-electron chi connectivity index (χ0n) is 16.3. The Hall–Kier alpha value is -3.68. The molecule has 0 spiro atoms. The van der Waals surface area contributed by atoms with E-state index in [9.17, 15) is 9.59 Å². The Morgan fingerprint density at radius 3 is 2.48 bits per heavy atom. The molecule has 0 radical (unpaired) electrons. The first-order valence-electron chi connectivity index (χ1n) is 8.75. The van der Waals surface area contributed by atoms with Gasteiger partial charge in [0, 0.05) is 28.8 Å². The minimum Gasteiger partial charge on any atom is -0.497 e. The Bertz CT molecular complexity index is 1030. The number of esters is 1. The van der Waals surface area contributed by atoms with Crippen molar-refractivity contribution in [1.29, 1.82) is 0 Å². The number of amides is 1. The minimum atomic E-state index is -0.536. The van der Waals surface area contributed by atoms with Crippen LogP contribution in [-0.4, -0.2) is 39.8 Å². The first kappa shape index (κ1) is 20.1. The lowest BCUT2D eigenvalue weighted by Crippen LogP contribution is -2.21. The third kappa shape index (κ3) is 4.78. The number of furan rings is 1. The zero-order valence-corrected chi connectivity index (χ0v) is 16.3. The largest absolute Gasteiger partial charge is 0.497 e. The molecule has 1 N–H and O–H groups in total. The third-order valence-corrected chi connectivity index (χ3v) is 4.23. The number of carbonyl (C=O) groups excluding carboxylic acids is 2. The second kappa shape index (κ2) is 9.01. The lowest BCUT2D eigenvalue weighted by molar-refractivity contribution is -0.146. The number of hydrogen-bond acceptors (Lipinski definition) is 7. The van der Waals surface area contributed by atoms with Crippen LogP contribution in [0.25, 0.3) is 11.0 Å². The number of nitrogens with one attached hydrogen (secondary N) is 1. The van der Waals surface area contributed by atoms with Gasteiger partial charge in [0.2, 0.25) is 0 Å². The standard InChI is InChI=1S/C21H21NO7/c1-25-15-5-6-16-13(11-28-18(16)10-15)8-21(24)29-12-20(23)22-14-4-7-17(26-2)19(9-14)27-3/h4-7,9-11H,8,12H2,1-3H3,(H,22,23). The normalized spacial score (nSPS) is 10.4. The smallest absolute Gasteiger partial charge is 0.310 e. The van der Waals surface area contributed by atoms with E-state index in [4.69, 9.17) is 23.4 Å². The van der Waals surface area contributed by atoms with Crippen molar-refractivity contribution in [2.45, 2.75) is 6.42 Å². The van der Waals surface area contributed by atoms with Gasteiger partial charge in [0.15, 0.2) is 18.1 Å². The van der Waals surface area contributed by atoms with E-state index >= 15 is 0 Å². The zero-order chi connectivity index (χ0) is 20.8. The van der Waals surface area contributed by atoms with Crippen molar-refractivity contribution >= 4 is 28.5 Å². The first-order valence-corrected chi connectivity index (χ1v) is 8.75. The van der Waals surface area contributed by atoms with Crippen molar-refractivity contribution in [2.75, 3.05) is 33.3 Å². The van der Waals surface area contributed by atoms with E-state index in [1.807, 2.05) is 6.07 Å². The Kier molecular flexibility index (Phi) is 6.23. The van der Waals surface area contributed by atoms with Gasteiger partial charge >= 0.3 is 5.97 Å². The number of rotatable bonds is 8. The molecule has 8 heteroatoms. The van der Waals surface area contributed by atoms with Gasteiger partial charge in [-0.1, -0.05) is 0 Å². The number of carbonyl (C=O) groups is 2. The van der Waals surface area contributed by atoms with Crippen LogP contribution in [0.15, 0.2) is 47.1 Å². The number of anilines is 1. The minimum absolute atomic E-state index is 0.0109. The van der Waals surface area contributed by atoms with Gasteiger partial charge in [-0.15, -0.1) is 0 Å². The monoisotopic (exact) mass is 399 g/mol. The summed E-state index contributed by atoms with van der Waals surface area (Å²) in [6.45, 7) is -0.406. The van der Waals surface area contributed by atoms with E-state index in [-0.39, 0.29) is 6.42 Å². The summed E-state index contributed by atoms with van der Waals surface area (Å²) in [7, 11) is 4.59. The molecule has 3 rings (SSSR count). The Morgan fingerprint density at radius 1 is 0.966 bits per heavy atom. The summed E-state index contributed by atoms with van der Waals surface area (Å²) >= 11 is 0. The SMILES string of the molecule is COc1ccc2c(CC(=O)OCC(=O)Nc3ccc(OC)c(OC)c3)coc2c1. The molecule has 0 saturated heterocycles. The lowest BCUT2D eigenvalue weighted by Gasteiger charge is -2.10. The number of hydrogen-bond donors (Lipinski definition) is 1. The molecule has 0 atom stereocenters. The molecule has 3 aromatic rings. The third-order valence-electron chi connectivity index (χ3n) is 4.23. The van der Waals surface area contributed by atoms with Gasteiger partial charge < -0.3 is 28.7 Å². The van der Waals surface area contributed by atoms with Gasteiger partial charge in [0.1, 0.15) is 11.3 Å². The molecule has 0 unspecified atom stereocenters. The van der Waals surface area contributed by atoms with Crippen molar-refractivity contribution in [1.82, 2.24) is 0 Å². The van der Waals surface area contributed by atoms with Crippen LogP contribution in [0.5, 0.6) is 17.2 Å². The molecule has 8 nitrogen and oxygen atoms in total. The predicted molar refractivity (Wildman–Crippen MR) is 106 cm³/mol. The van der Waals surface area contributed by atoms with Crippen LogP contribution in [0.2, 0.25) is 0 Å². The van der Waals surface area contributed by atoms with E-state index in [1.54, 1.807) is 37.4 Å². The summed E-state index contributed by atoms with van der Waals surface area (Å²) in [6, 6.07) is 10.3. The molecule has 0 saturated carbocycles. The van der Waals surface area contributed by atoms with Gasteiger partial charge in [0.25, 0.3) is 5.91 Å². The average Bonchev–Trinajstić information content (AvgIpc) is 3.13. The molecule has 29 heavy (non-hydrogen) atoms. The van der Waals surface area contributed by atoms with E-state index in [1.165, 1.54) is 20.5 Å². The van der Waals surface area contributed by atoms with Crippen LogP contribution in [0.4, 0.5) is 5.69 Å². The van der Waals surface area contributed by atoms with Crippen LogP contribution in [0.3, 0.4) is 0 Å². The van der Waals surface area contributed by atoms with Crippen molar-refractivity contribution in [3.63, 3.8) is 0 Å².